The van der Waals surface area contributed by atoms with Gasteiger partial charge in [-0.05, 0) is 42.7 Å². The zero-order chi connectivity index (χ0) is 18.8. The second kappa shape index (κ2) is 7.85. The minimum Gasteiger partial charge on any atom is -0.342 e. The minimum absolute atomic E-state index is 0.0570. The molecule has 0 bridgehead atoms. The van der Waals surface area contributed by atoms with Crippen LogP contribution >= 0.6 is 0 Å². The highest BCUT2D eigenvalue weighted by molar-refractivity contribution is 5.35. The number of H-pyrrole nitrogens is 1. The average Bonchev–Trinajstić information content (AvgIpc) is 2.69. The molecule has 0 amide bonds. The van der Waals surface area contributed by atoms with Crippen molar-refractivity contribution in [3.05, 3.63) is 57.0 Å². The molecule has 4 rings (SSSR count). The molecule has 1 fully saturated rings. The lowest BCUT2D eigenvalue weighted by atomic mass is 10.0. The predicted octanol–water partition coefficient (Wildman–Crippen LogP) is 3.44. The molecule has 3 heterocycles. The third-order valence-electron chi connectivity index (χ3n) is 5.85. The van der Waals surface area contributed by atoms with Crippen molar-refractivity contribution in [3.8, 4) is 0 Å². The van der Waals surface area contributed by atoms with E-state index in [1.165, 1.54) is 30.4 Å². The maximum atomic E-state index is 12.6. The molecule has 1 N–H and O–H groups in total. The van der Waals surface area contributed by atoms with Crippen LogP contribution in [0.2, 0.25) is 0 Å². The number of hydrogen-bond donors (Lipinski definition) is 1. The molecule has 0 unspecified atom stereocenters. The van der Waals surface area contributed by atoms with Crippen molar-refractivity contribution < 1.29 is 0 Å². The lowest BCUT2D eigenvalue weighted by Crippen LogP contribution is -2.38. The number of fused-ring (bicyclic) bond motifs is 1. The summed E-state index contributed by atoms with van der Waals surface area (Å²) in [6, 6.07) is 8.93. The Hall–Kier alpha value is -2.14. The highest BCUT2D eigenvalue weighted by Gasteiger charge is 2.23. The highest BCUT2D eigenvalue weighted by Crippen LogP contribution is 2.21. The zero-order valence-electron chi connectivity index (χ0n) is 16.5. The number of hydrogen-bond acceptors (Lipinski definition) is 4. The quantitative estimate of drug-likeness (QED) is 0.901. The Morgan fingerprint density at radius 2 is 1.81 bits per heavy atom. The van der Waals surface area contributed by atoms with E-state index in [9.17, 15) is 4.79 Å². The van der Waals surface area contributed by atoms with Gasteiger partial charge in [0.2, 0.25) is 5.95 Å². The third kappa shape index (κ3) is 4.08. The second-order valence-corrected chi connectivity index (χ2v) is 8.22. The normalized spacial score (nSPS) is 18.0. The van der Waals surface area contributed by atoms with Gasteiger partial charge in [-0.25, -0.2) is 4.98 Å². The van der Waals surface area contributed by atoms with Gasteiger partial charge in [0.1, 0.15) is 0 Å². The van der Waals surface area contributed by atoms with E-state index in [-0.39, 0.29) is 5.56 Å². The molecule has 0 atom stereocenters. The summed E-state index contributed by atoms with van der Waals surface area (Å²) in [5.41, 5.74) is 4.60. The van der Waals surface area contributed by atoms with Crippen molar-refractivity contribution >= 4 is 5.95 Å². The molecule has 5 nitrogen and oxygen atoms in total. The summed E-state index contributed by atoms with van der Waals surface area (Å²) in [4.78, 5) is 25.1. The first-order chi connectivity index (χ1) is 13.1. The van der Waals surface area contributed by atoms with Crippen LogP contribution in [-0.2, 0) is 19.5 Å². The van der Waals surface area contributed by atoms with Crippen LogP contribution in [0.15, 0.2) is 29.1 Å². The van der Waals surface area contributed by atoms with Gasteiger partial charge in [0.15, 0.2) is 0 Å². The zero-order valence-corrected chi connectivity index (χ0v) is 16.5. The van der Waals surface area contributed by atoms with Gasteiger partial charge in [0.05, 0.1) is 5.69 Å². The first-order valence-corrected chi connectivity index (χ1v) is 10.3. The molecule has 2 aliphatic heterocycles. The molecule has 5 heteroatoms. The van der Waals surface area contributed by atoms with Crippen LogP contribution in [-0.4, -0.2) is 34.5 Å². The van der Waals surface area contributed by atoms with Gasteiger partial charge in [-0.1, -0.05) is 38.1 Å². The molecule has 0 spiro atoms. The lowest BCUT2D eigenvalue weighted by molar-refractivity contribution is 0.240. The fourth-order valence-electron chi connectivity index (χ4n) is 4.14. The highest BCUT2D eigenvalue weighted by atomic mass is 16.1. The van der Waals surface area contributed by atoms with Gasteiger partial charge >= 0.3 is 0 Å². The molecule has 1 aromatic heterocycles. The molecule has 144 valence electrons. The summed E-state index contributed by atoms with van der Waals surface area (Å²) >= 11 is 0. The van der Waals surface area contributed by atoms with Crippen LogP contribution in [0.4, 0.5) is 5.95 Å². The topological polar surface area (TPSA) is 52.2 Å². The summed E-state index contributed by atoms with van der Waals surface area (Å²) in [5, 5.41) is 0. The number of aromatic amines is 1. The van der Waals surface area contributed by atoms with E-state index >= 15 is 0 Å². The number of aromatic nitrogens is 2. The van der Waals surface area contributed by atoms with Gasteiger partial charge in [-0.3, -0.25) is 14.7 Å². The van der Waals surface area contributed by atoms with E-state index in [2.05, 4.69) is 52.9 Å². The van der Waals surface area contributed by atoms with Gasteiger partial charge in [-0.15, -0.1) is 0 Å². The summed E-state index contributed by atoms with van der Waals surface area (Å²) in [6.07, 6.45) is 4.41. The molecular weight excluding hydrogens is 336 g/mol. The summed E-state index contributed by atoms with van der Waals surface area (Å²) in [5.74, 6) is 1.33. The van der Waals surface area contributed by atoms with Crippen molar-refractivity contribution in [3.63, 3.8) is 0 Å². The summed E-state index contributed by atoms with van der Waals surface area (Å²) in [7, 11) is 0. The number of nitrogens with zero attached hydrogens (tertiary/aromatic N) is 3. The molecule has 0 aliphatic carbocycles. The monoisotopic (exact) mass is 366 g/mol. The Morgan fingerprint density at radius 3 is 2.52 bits per heavy atom. The maximum Gasteiger partial charge on any atom is 0.255 e. The second-order valence-electron chi connectivity index (χ2n) is 8.22. The number of anilines is 1. The Bertz CT molecular complexity index is 834. The van der Waals surface area contributed by atoms with Crippen molar-refractivity contribution in [2.75, 3.05) is 24.5 Å². The Morgan fingerprint density at radius 1 is 1.07 bits per heavy atom. The predicted molar refractivity (Wildman–Crippen MR) is 109 cm³/mol. The van der Waals surface area contributed by atoms with Gasteiger partial charge in [-0.2, -0.15) is 0 Å². The molecular formula is C22H30N4O. The van der Waals surface area contributed by atoms with E-state index in [1.54, 1.807) is 0 Å². The Labute approximate surface area is 161 Å². The molecule has 27 heavy (non-hydrogen) atoms. The van der Waals surface area contributed by atoms with Crippen LogP contribution in [0.25, 0.3) is 0 Å². The van der Waals surface area contributed by atoms with E-state index in [1.807, 2.05) is 0 Å². The van der Waals surface area contributed by atoms with Gasteiger partial charge in [0.25, 0.3) is 5.56 Å². The Kier molecular flexibility index (Phi) is 5.30. The first-order valence-electron chi connectivity index (χ1n) is 10.3. The largest absolute Gasteiger partial charge is 0.342 e. The number of benzene rings is 1. The van der Waals surface area contributed by atoms with Crippen LogP contribution in [0, 0.1) is 0 Å². The average molecular weight is 367 g/mol. The van der Waals surface area contributed by atoms with E-state index in [0.29, 0.717) is 5.92 Å². The maximum absolute atomic E-state index is 12.6. The molecule has 1 saturated heterocycles. The first kappa shape index (κ1) is 18.2. The SMILES string of the molecule is CC(C)c1ccc(CN2CCc3c(nc(N4CCCCC4)[nH]c3=O)C2)cc1. The van der Waals surface area contributed by atoms with Crippen LogP contribution in [0.5, 0.6) is 0 Å². The number of nitrogens with one attached hydrogen (secondary N) is 1. The lowest BCUT2D eigenvalue weighted by Gasteiger charge is -2.31. The third-order valence-corrected chi connectivity index (χ3v) is 5.85. The van der Waals surface area contributed by atoms with Crippen molar-refractivity contribution in [1.82, 2.24) is 14.9 Å². The number of rotatable bonds is 4. The fourth-order valence-corrected chi connectivity index (χ4v) is 4.14. The van der Waals surface area contributed by atoms with Crippen molar-refractivity contribution in [2.45, 2.75) is 58.5 Å². The number of piperidine rings is 1. The summed E-state index contributed by atoms with van der Waals surface area (Å²) < 4.78 is 0. The molecule has 2 aromatic rings. The van der Waals surface area contributed by atoms with Crippen LogP contribution < -0.4 is 10.5 Å². The summed E-state index contributed by atoms with van der Waals surface area (Å²) in [6.45, 7) is 9.00. The fraction of sp³-hybridized carbons (Fsp3) is 0.545. The van der Waals surface area contributed by atoms with Crippen LogP contribution in [0.1, 0.15) is 61.4 Å². The van der Waals surface area contributed by atoms with Crippen molar-refractivity contribution in [1.29, 1.82) is 0 Å². The van der Waals surface area contributed by atoms with E-state index in [4.69, 9.17) is 4.98 Å². The van der Waals surface area contributed by atoms with Gasteiger partial charge in [0, 0.05) is 38.3 Å². The molecule has 0 radical (unpaired) electrons. The molecule has 0 saturated carbocycles. The van der Waals surface area contributed by atoms with Crippen LogP contribution in [0.3, 0.4) is 0 Å². The van der Waals surface area contributed by atoms with E-state index < -0.39 is 0 Å². The van der Waals surface area contributed by atoms with Gasteiger partial charge < -0.3 is 4.90 Å². The van der Waals surface area contributed by atoms with Crippen molar-refractivity contribution in [2.24, 2.45) is 0 Å². The Balaban J connectivity index is 1.49. The molecule has 2 aliphatic rings. The minimum atomic E-state index is 0.0570. The van der Waals surface area contributed by atoms with E-state index in [0.717, 1.165) is 56.4 Å². The standard InChI is InChI=1S/C22H30N4O/c1-16(2)18-8-6-17(7-9-18)14-25-13-10-19-20(15-25)23-22(24-21(19)27)26-11-4-3-5-12-26/h6-9,16H,3-5,10-15H2,1-2H3,(H,23,24,27). The smallest absolute Gasteiger partial charge is 0.255 e. The molecule has 1 aromatic carbocycles.